The molecule has 3 amide bonds. The SMILES string of the molecule is CC(=O)N1CCN(C(=O)C2CC2C(=O)NCCN(C)C)CC1. The fourth-order valence-corrected chi connectivity index (χ4v) is 2.77. The van der Waals surface area contributed by atoms with E-state index in [0.717, 1.165) is 6.54 Å². The van der Waals surface area contributed by atoms with Crippen LogP contribution in [0.4, 0.5) is 0 Å². The quantitative estimate of drug-likeness (QED) is 0.706. The summed E-state index contributed by atoms with van der Waals surface area (Å²) >= 11 is 0. The molecule has 7 nitrogen and oxygen atoms in total. The molecule has 2 unspecified atom stereocenters. The first kappa shape index (κ1) is 16.7. The van der Waals surface area contributed by atoms with Crippen LogP contribution >= 0.6 is 0 Å². The van der Waals surface area contributed by atoms with Gasteiger partial charge in [-0.05, 0) is 20.5 Å². The van der Waals surface area contributed by atoms with Gasteiger partial charge in [-0.15, -0.1) is 0 Å². The zero-order valence-corrected chi connectivity index (χ0v) is 13.7. The summed E-state index contributed by atoms with van der Waals surface area (Å²) in [6, 6.07) is 0. The average Bonchev–Trinajstić information content (AvgIpc) is 3.26. The highest BCUT2D eigenvalue weighted by Gasteiger charge is 2.49. The maximum Gasteiger partial charge on any atom is 0.226 e. The molecule has 0 aromatic heterocycles. The van der Waals surface area contributed by atoms with Crippen molar-refractivity contribution >= 4 is 17.7 Å². The molecule has 2 aliphatic rings. The predicted molar refractivity (Wildman–Crippen MR) is 82.0 cm³/mol. The molecule has 0 aromatic carbocycles. The van der Waals surface area contributed by atoms with Gasteiger partial charge >= 0.3 is 0 Å². The molecule has 1 aliphatic heterocycles. The highest BCUT2D eigenvalue weighted by atomic mass is 16.2. The Kier molecular flexibility index (Phi) is 5.39. The summed E-state index contributed by atoms with van der Waals surface area (Å²) in [6.07, 6.45) is 0.652. The lowest BCUT2D eigenvalue weighted by molar-refractivity contribution is -0.140. The van der Waals surface area contributed by atoms with Crippen LogP contribution in [0.1, 0.15) is 13.3 Å². The normalized spacial score (nSPS) is 24.4. The van der Waals surface area contributed by atoms with Crippen molar-refractivity contribution in [2.75, 3.05) is 53.4 Å². The molecule has 2 atom stereocenters. The fraction of sp³-hybridized carbons (Fsp3) is 0.800. The molecule has 1 heterocycles. The Bertz CT molecular complexity index is 444. The van der Waals surface area contributed by atoms with Crippen LogP contribution in [0.25, 0.3) is 0 Å². The van der Waals surface area contributed by atoms with E-state index < -0.39 is 0 Å². The first-order valence-electron chi connectivity index (χ1n) is 7.87. The Hall–Kier alpha value is -1.63. The Morgan fingerprint density at radius 2 is 1.64 bits per heavy atom. The van der Waals surface area contributed by atoms with Gasteiger partial charge in [-0.25, -0.2) is 0 Å². The molecule has 124 valence electrons. The first-order chi connectivity index (χ1) is 10.4. The summed E-state index contributed by atoms with van der Waals surface area (Å²) in [5.74, 6) is -0.223. The van der Waals surface area contributed by atoms with E-state index in [9.17, 15) is 14.4 Å². The molecule has 22 heavy (non-hydrogen) atoms. The second-order valence-electron chi connectivity index (χ2n) is 6.37. The highest BCUT2D eigenvalue weighted by molar-refractivity contribution is 5.92. The largest absolute Gasteiger partial charge is 0.355 e. The van der Waals surface area contributed by atoms with Gasteiger partial charge in [0.15, 0.2) is 0 Å². The van der Waals surface area contributed by atoms with Crippen LogP contribution in [0, 0.1) is 11.8 Å². The lowest BCUT2D eigenvalue weighted by atomic mass is 10.2. The van der Waals surface area contributed by atoms with Crippen molar-refractivity contribution in [2.24, 2.45) is 11.8 Å². The van der Waals surface area contributed by atoms with E-state index >= 15 is 0 Å². The summed E-state index contributed by atoms with van der Waals surface area (Å²) in [5, 5.41) is 2.88. The van der Waals surface area contributed by atoms with Gasteiger partial charge in [0.2, 0.25) is 17.7 Å². The summed E-state index contributed by atoms with van der Waals surface area (Å²) < 4.78 is 0. The number of hydrogen-bond donors (Lipinski definition) is 1. The first-order valence-corrected chi connectivity index (χ1v) is 7.87. The maximum atomic E-state index is 12.4. The molecule has 0 bridgehead atoms. The average molecular weight is 310 g/mol. The third-order valence-electron chi connectivity index (χ3n) is 4.34. The molecule has 1 saturated heterocycles. The number of carbonyl (C=O) groups excluding carboxylic acids is 3. The Morgan fingerprint density at radius 3 is 2.18 bits per heavy atom. The molecule has 0 aromatic rings. The van der Waals surface area contributed by atoms with Crippen molar-refractivity contribution in [3.05, 3.63) is 0 Å². The van der Waals surface area contributed by atoms with E-state index in [1.54, 1.807) is 16.7 Å². The topological polar surface area (TPSA) is 73.0 Å². The van der Waals surface area contributed by atoms with Gasteiger partial charge in [0.25, 0.3) is 0 Å². The number of nitrogens with one attached hydrogen (secondary N) is 1. The summed E-state index contributed by atoms with van der Waals surface area (Å²) in [4.78, 5) is 41.2. The zero-order valence-electron chi connectivity index (χ0n) is 13.7. The maximum absolute atomic E-state index is 12.4. The highest BCUT2D eigenvalue weighted by Crippen LogP contribution is 2.40. The molecular weight excluding hydrogens is 284 g/mol. The number of nitrogens with zero attached hydrogens (tertiary/aromatic N) is 3. The van der Waals surface area contributed by atoms with E-state index in [-0.39, 0.29) is 29.6 Å². The Labute approximate surface area is 131 Å². The number of rotatable bonds is 5. The van der Waals surface area contributed by atoms with Gasteiger partial charge in [-0.1, -0.05) is 0 Å². The smallest absolute Gasteiger partial charge is 0.226 e. The van der Waals surface area contributed by atoms with Gasteiger partial charge in [0.1, 0.15) is 0 Å². The Balaban J connectivity index is 1.72. The van der Waals surface area contributed by atoms with E-state index in [2.05, 4.69) is 5.32 Å². The van der Waals surface area contributed by atoms with E-state index in [1.807, 2.05) is 19.0 Å². The van der Waals surface area contributed by atoms with E-state index in [0.29, 0.717) is 39.1 Å². The van der Waals surface area contributed by atoms with Crippen molar-refractivity contribution in [3.8, 4) is 0 Å². The van der Waals surface area contributed by atoms with Crippen LogP contribution in [0.5, 0.6) is 0 Å². The molecule has 2 rings (SSSR count). The van der Waals surface area contributed by atoms with Crippen LogP contribution in [-0.4, -0.2) is 85.8 Å². The molecular formula is C15H26N4O3. The van der Waals surface area contributed by atoms with Crippen LogP contribution in [-0.2, 0) is 14.4 Å². The van der Waals surface area contributed by atoms with Crippen LogP contribution < -0.4 is 5.32 Å². The van der Waals surface area contributed by atoms with Crippen molar-refractivity contribution in [2.45, 2.75) is 13.3 Å². The minimum Gasteiger partial charge on any atom is -0.355 e. The van der Waals surface area contributed by atoms with Crippen molar-refractivity contribution in [1.29, 1.82) is 0 Å². The molecule has 1 N–H and O–H groups in total. The molecule has 7 heteroatoms. The lowest BCUT2D eigenvalue weighted by Gasteiger charge is -2.34. The van der Waals surface area contributed by atoms with E-state index in [1.165, 1.54) is 0 Å². The minimum absolute atomic E-state index is 0.0115. The fourth-order valence-electron chi connectivity index (χ4n) is 2.77. The standard InChI is InChI=1S/C15H26N4O3/c1-11(20)18-6-8-19(9-7-18)15(22)13-10-12(13)14(21)16-4-5-17(2)3/h12-13H,4-10H2,1-3H3,(H,16,21). The van der Waals surface area contributed by atoms with Gasteiger partial charge in [-0.2, -0.15) is 0 Å². The van der Waals surface area contributed by atoms with Gasteiger partial charge in [0, 0.05) is 46.2 Å². The zero-order chi connectivity index (χ0) is 16.3. The predicted octanol–water partition coefficient (Wildman–Crippen LogP) is -1.01. The molecule has 0 spiro atoms. The second-order valence-corrected chi connectivity index (χ2v) is 6.37. The summed E-state index contributed by atoms with van der Waals surface area (Å²) in [7, 11) is 3.91. The summed E-state index contributed by atoms with van der Waals surface area (Å²) in [6.45, 7) is 5.28. The van der Waals surface area contributed by atoms with E-state index in [4.69, 9.17) is 0 Å². The number of hydrogen-bond acceptors (Lipinski definition) is 4. The summed E-state index contributed by atoms with van der Waals surface area (Å²) in [5.41, 5.74) is 0. The van der Waals surface area contributed by atoms with Crippen molar-refractivity contribution in [3.63, 3.8) is 0 Å². The Morgan fingerprint density at radius 1 is 1.05 bits per heavy atom. The molecule has 2 fully saturated rings. The molecule has 0 radical (unpaired) electrons. The van der Waals surface area contributed by atoms with Crippen LogP contribution in [0.2, 0.25) is 0 Å². The second kappa shape index (κ2) is 7.09. The van der Waals surface area contributed by atoms with Gasteiger partial charge < -0.3 is 20.0 Å². The number of amides is 3. The third-order valence-corrected chi connectivity index (χ3v) is 4.34. The van der Waals surface area contributed by atoms with Crippen molar-refractivity contribution < 1.29 is 14.4 Å². The van der Waals surface area contributed by atoms with Gasteiger partial charge in [0.05, 0.1) is 11.8 Å². The van der Waals surface area contributed by atoms with Crippen molar-refractivity contribution in [1.82, 2.24) is 20.0 Å². The van der Waals surface area contributed by atoms with Crippen LogP contribution in [0.15, 0.2) is 0 Å². The third kappa shape index (κ3) is 4.19. The molecule has 1 saturated carbocycles. The van der Waals surface area contributed by atoms with Crippen LogP contribution in [0.3, 0.4) is 0 Å². The number of piperazine rings is 1. The lowest BCUT2D eigenvalue weighted by Crippen LogP contribution is -2.50. The van der Waals surface area contributed by atoms with Gasteiger partial charge in [-0.3, -0.25) is 14.4 Å². The number of carbonyl (C=O) groups is 3. The molecule has 1 aliphatic carbocycles. The monoisotopic (exact) mass is 310 g/mol. The number of likely N-dealkylation sites (N-methyl/N-ethyl adjacent to an activating group) is 1. The minimum atomic E-state index is -0.166.